The summed E-state index contributed by atoms with van der Waals surface area (Å²) in [6.07, 6.45) is 2.74. The van der Waals surface area contributed by atoms with E-state index in [2.05, 4.69) is 17.2 Å². The lowest BCUT2D eigenvalue weighted by atomic mass is 9.85. The van der Waals surface area contributed by atoms with Crippen LogP contribution in [0.5, 0.6) is 0 Å². The van der Waals surface area contributed by atoms with E-state index in [1.165, 1.54) is 12.1 Å². The van der Waals surface area contributed by atoms with Gasteiger partial charge in [-0.2, -0.15) is 0 Å². The van der Waals surface area contributed by atoms with Crippen molar-refractivity contribution in [3.05, 3.63) is 71.0 Å². The van der Waals surface area contributed by atoms with E-state index < -0.39 is 21.3 Å². The Labute approximate surface area is 216 Å². The predicted octanol–water partition coefficient (Wildman–Crippen LogP) is 4.07. The Kier molecular flexibility index (Phi) is 7.19. The zero-order chi connectivity index (χ0) is 26.3. The van der Waals surface area contributed by atoms with Crippen LogP contribution in [0.2, 0.25) is 5.02 Å². The van der Waals surface area contributed by atoms with Crippen molar-refractivity contribution in [2.75, 3.05) is 18.2 Å². The number of ether oxygens (including phenoxy) is 1. The average Bonchev–Trinajstić information content (AvgIpc) is 2.79. The fourth-order valence-corrected chi connectivity index (χ4v) is 6.25. The highest BCUT2D eigenvalue weighted by Crippen LogP contribution is 2.40. The third-order valence-corrected chi connectivity index (χ3v) is 8.24. The van der Waals surface area contributed by atoms with E-state index in [1.54, 1.807) is 35.2 Å². The Hall–Kier alpha value is -2.88. The standard InChI is InChI=1S/C26H30ClN3O5S/c1-16-14-18(12-13-35-16)30-17(2)29-26(3,15-23(30)31)20-9-7-10-21(24(20)27)28-25(32)19-8-5-6-11-22(19)36(4,33)34/h5-11,16,18,29H,2,12-15H2,1,3-4H3,(H,28,32)/t16-,18-,26+/m1/s1. The SMILES string of the molecule is C=C1N[C@](C)(c2cccc(NC(=O)c3ccccc3S(C)(=O)=O)c2Cl)CC(=O)N1[C@@H]1CCO[C@H](C)C1. The first-order chi connectivity index (χ1) is 16.9. The fraction of sp³-hybridized carbons (Fsp3) is 0.385. The molecule has 0 aliphatic carbocycles. The highest BCUT2D eigenvalue weighted by molar-refractivity contribution is 7.90. The molecule has 8 nitrogen and oxygen atoms in total. The minimum atomic E-state index is -3.61. The van der Waals surface area contributed by atoms with Gasteiger partial charge in [-0.15, -0.1) is 0 Å². The van der Waals surface area contributed by atoms with E-state index in [0.717, 1.165) is 19.1 Å². The Morgan fingerprint density at radius 3 is 2.64 bits per heavy atom. The summed E-state index contributed by atoms with van der Waals surface area (Å²) in [7, 11) is -3.61. The number of benzene rings is 2. The molecule has 2 aromatic carbocycles. The van der Waals surface area contributed by atoms with Gasteiger partial charge in [0.25, 0.3) is 5.91 Å². The van der Waals surface area contributed by atoms with Gasteiger partial charge in [0, 0.05) is 18.9 Å². The maximum Gasteiger partial charge on any atom is 0.257 e. The number of amides is 2. The fourth-order valence-electron chi connectivity index (χ4n) is 4.98. The summed E-state index contributed by atoms with van der Waals surface area (Å²) >= 11 is 6.75. The molecule has 2 amide bonds. The highest BCUT2D eigenvalue weighted by atomic mass is 35.5. The molecule has 2 N–H and O–H groups in total. The Morgan fingerprint density at radius 2 is 1.97 bits per heavy atom. The Morgan fingerprint density at radius 1 is 1.25 bits per heavy atom. The molecule has 2 fully saturated rings. The van der Waals surface area contributed by atoms with Crippen LogP contribution in [0, 0.1) is 0 Å². The molecule has 2 aliphatic rings. The average molecular weight is 532 g/mol. The van der Waals surface area contributed by atoms with Crippen molar-refractivity contribution in [1.29, 1.82) is 0 Å². The van der Waals surface area contributed by atoms with Gasteiger partial charge in [0.1, 0.15) is 5.82 Å². The summed E-state index contributed by atoms with van der Waals surface area (Å²) < 4.78 is 29.9. The van der Waals surface area contributed by atoms with E-state index >= 15 is 0 Å². The molecule has 2 saturated heterocycles. The van der Waals surface area contributed by atoms with Gasteiger partial charge in [-0.1, -0.05) is 42.4 Å². The number of nitrogens with zero attached hydrogens (tertiary/aromatic N) is 1. The zero-order valence-corrected chi connectivity index (χ0v) is 22.1. The third-order valence-electron chi connectivity index (χ3n) is 6.68. The van der Waals surface area contributed by atoms with Gasteiger partial charge < -0.3 is 15.4 Å². The maximum absolute atomic E-state index is 13.3. The Balaban J connectivity index is 1.59. The monoisotopic (exact) mass is 531 g/mol. The molecule has 0 bridgehead atoms. The molecule has 0 unspecified atom stereocenters. The summed E-state index contributed by atoms with van der Waals surface area (Å²) in [6.45, 7) is 8.58. The highest BCUT2D eigenvalue weighted by Gasteiger charge is 2.43. The van der Waals surface area contributed by atoms with Crippen LogP contribution in [0.4, 0.5) is 5.69 Å². The van der Waals surface area contributed by atoms with Crippen LogP contribution in [-0.4, -0.2) is 50.1 Å². The summed E-state index contributed by atoms with van der Waals surface area (Å²) in [4.78, 5) is 28.0. The van der Waals surface area contributed by atoms with Gasteiger partial charge in [0.15, 0.2) is 9.84 Å². The molecule has 0 radical (unpaired) electrons. The van der Waals surface area contributed by atoms with Crippen molar-refractivity contribution < 1.29 is 22.7 Å². The van der Waals surface area contributed by atoms with E-state index in [0.29, 0.717) is 23.7 Å². The lowest BCUT2D eigenvalue weighted by Gasteiger charge is -2.46. The first-order valence-corrected chi connectivity index (χ1v) is 14.0. The second-order valence-electron chi connectivity index (χ2n) is 9.59. The quantitative estimate of drug-likeness (QED) is 0.602. The summed E-state index contributed by atoms with van der Waals surface area (Å²) in [5.41, 5.74) is 0.0923. The predicted molar refractivity (Wildman–Crippen MR) is 138 cm³/mol. The minimum Gasteiger partial charge on any atom is -0.378 e. The Bertz CT molecular complexity index is 1310. The normalized spacial score (nSPS) is 24.8. The largest absolute Gasteiger partial charge is 0.378 e. The smallest absolute Gasteiger partial charge is 0.257 e. The zero-order valence-electron chi connectivity index (χ0n) is 20.5. The number of hydrogen-bond acceptors (Lipinski definition) is 6. The lowest BCUT2D eigenvalue weighted by molar-refractivity contribution is -0.138. The second-order valence-corrected chi connectivity index (χ2v) is 12.0. The van der Waals surface area contributed by atoms with Gasteiger partial charge in [-0.25, -0.2) is 8.42 Å². The van der Waals surface area contributed by atoms with E-state index in [-0.39, 0.29) is 40.0 Å². The van der Waals surface area contributed by atoms with Crippen LogP contribution < -0.4 is 10.6 Å². The van der Waals surface area contributed by atoms with Crippen molar-refractivity contribution >= 4 is 38.9 Å². The van der Waals surface area contributed by atoms with Gasteiger partial charge in [-0.05, 0) is 50.5 Å². The topological polar surface area (TPSA) is 105 Å². The molecule has 10 heteroatoms. The second kappa shape index (κ2) is 9.88. The number of sulfone groups is 1. The number of hydrogen-bond donors (Lipinski definition) is 2. The molecule has 2 aliphatic heterocycles. The van der Waals surface area contributed by atoms with Crippen LogP contribution in [0.3, 0.4) is 0 Å². The molecule has 192 valence electrons. The summed E-state index contributed by atoms with van der Waals surface area (Å²) in [5.74, 6) is -0.162. The molecular weight excluding hydrogens is 502 g/mol. The van der Waals surface area contributed by atoms with Gasteiger partial charge in [-0.3, -0.25) is 14.5 Å². The van der Waals surface area contributed by atoms with Gasteiger partial charge in [0.2, 0.25) is 5.91 Å². The van der Waals surface area contributed by atoms with Crippen LogP contribution in [0.1, 0.15) is 49.0 Å². The van der Waals surface area contributed by atoms with Crippen LogP contribution in [0.15, 0.2) is 59.8 Å². The molecule has 2 aromatic rings. The molecule has 2 heterocycles. The number of carbonyl (C=O) groups is 2. The molecule has 0 aromatic heterocycles. The van der Waals surface area contributed by atoms with E-state index in [4.69, 9.17) is 16.3 Å². The number of halogens is 1. The number of rotatable bonds is 5. The van der Waals surface area contributed by atoms with Crippen LogP contribution in [0.25, 0.3) is 0 Å². The number of carbonyl (C=O) groups excluding carboxylic acids is 2. The van der Waals surface area contributed by atoms with E-state index in [9.17, 15) is 18.0 Å². The van der Waals surface area contributed by atoms with Crippen LogP contribution in [-0.2, 0) is 24.9 Å². The molecule has 4 rings (SSSR count). The van der Waals surface area contributed by atoms with E-state index in [1.807, 2.05) is 13.8 Å². The van der Waals surface area contributed by atoms with Crippen LogP contribution >= 0.6 is 11.6 Å². The van der Waals surface area contributed by atoms with Crippen molar-refractivity contribution in [2.24, 2.45) is 0 Å². The third kappa shape index (κ3) is 5.14. The van der Waals surface area contributed by atoms with Crippen molar-refractivity contribution in [2.45, 2.75) is 55.7 Å². The van der Waals surface area contributed by atoms with Crippen molar-refractivity contribution in [3.63, 3.8) is 0 Å². The summed E-state index contributed by atoms with van der Waals surface area (Å²) in [5, 5.41) is 6.36. The first-order valence-electron chi connectivity index (χ1n) is 11.7. The van der Waals surface area contributed by atoms with Crippen molar-refractivity contribution in [3.8, 4) is 0 Å². The van der Waals surface area contributed by atoms with Crippen molar-refractivity contribution in [1.82, 2.24) is 10.2 Å². The minimum absolute atomic E-state index is 0.0156. The first kappa shape index (κ1) is 26.2. The number of anilines is 1. The summed E-state index contributed by atoms with van der Waals surface area (Å²) in [6, 6.07) is 11.2. The number of nitrogens with one attached hydrogen (secondary N) is 2. The molecular formula is C26H30ClN3O5S. The molecule has 0 spiro atoms. The van der Waals surface area contributed by atoms with Gasteiger partial charge >= 0.3 is 0 Å². The molecule has 0 saturated carbocycles. The van der Waals surface area contributed by atoms with Gasteiger partial charge in [0.05, 0.1) is 39.2 Å². The lowest BCUT2D eigenvalue weighted by Crippen LogP contribution is -2.57. The maximum atomic E-state index is 13.3. The molecule has 3 atom stereocenters. The molecule has 36 heavy (non-hydrogen) atoms.